The molecular weight excluding hydrogens is 232 g/mol. The van der Waals surface area contributed by atoms with Crippen LogP contribution in [0.25, 0.3) is 0 Å². The highest BCUT2D eigenvalue weighted by Crippen LogP contribution is 2.12. The van der Waals surface area contributed by atoms with Crippen molar-refractivity contribution in [3.63, 3.8) is 0 Å². The first-order valence-corrected chi connectivity index (χ1v) is 4.77. The molecule has 0 atom stereocenters. The first-order chi connectivity index (χ1) is 7.61. The second kappa shape index (κ2) is 6.02. The normalized spacial score (nSPS) is 9.38. The highest BCUT2D eigenvalue weighted by Gasteiger charge is 2.07. The summed E-state index contributed by atoms with van der Waals surface area (Å²) in [7, 11) is 1.56. The van der Waals surface area contributed by atoms with Gasteiger partial charge in [-0.1, -0.05) is 24.8 Å². The van der Waals surface area contributed by atoms with Crippen LogP contribution in [0.3, 0.4) is 0 Å². The van der Waals surface area contributed by atoms with Gasteiger partial charge in [-0.15, -0.1) is 0 Å². The van der Waals surface area contributed by atoms with Crippen molar-refractivity contribution < 1.29 is 23.8 Å². The number of ether oxygens (including phenoxy) is 3. The molecule has 86 valence electrons. The molecule has 0 amide bonds. The summed E-state index contributed by atoms with van der Waals surface area (Å²) in [4.78, 5) is 21.1. The minimum Gasteiger partial charge on any atom is -0.497 e. The fraction of sp³-hybridized carbons (Fsp3) is 0.200. The summed E-state index contributed by atoms with van der Waals surface area (Å²) in [6.45, 7) is 0.0177. The van der Waals surface area contributed by atoms with Crippen LogP contribution in [0.1, 0.15) is 5.56 Å². The standard InChI is InChI=1S/C10H10O5S/c1-13-8-4-2-7(3-5-8)6-14-9(11)15-10(12)16/h2-5H,6H2,1H3,(H,12,16). The molecule has 0 radical (unpaired) electrons. The van der Waals surface area contributed by atoms with Crippen molar-refractivity contribution in [1.29, 1.82) is 0 Å². The molecule has 16 heavy (non-hydrogen) atoms. The molecule has 0 spiro atoms. The molecule has 0 aliphatic rings. The Morgan fingerprint density at radius 2 is 1.88 bits per heavy atom. The molecule has 0 aliphatic heterocycles. The summed E-state index contributed by atoms with van der Waals surface area (Å²) in [6, 6.07) is 6.92. The Balaban J connectivity index is 2.42. The van der Waals surface area contributed by atoms with E-state index in [9.17, 15) is 9.59 Å². The zero-order chi connectivity index (χ0) is 12.0. The van der Waals surface area contributed by atoms with Crippen molar-refractivity contribution in [3.05, 3.63) is 29.8 Å². The van der Waals surface area contributed by atoms with Crippen molar-refractivity contribution in [2.24, 2.45) is 0 Å². The SMILES string of the molecule is COc1ccc(COC(=O)OC(=O)S)cc1. The third kappa shape index (κ3) is 4.22. The van der Waals surface area contributed by atoms with E-state index in [1.807, 2.05) is 0 Å². The Morgan fingerprint density at radius 1 is 1.25 bits per heavy atom. The van der Waals surface area contributed by atoms with Crippen LogP contribution < -0.4 is 4.74 Å². The van der Waals surface area contributed by atoms with Gasteiger partial charge in [-0.3, -0.25) is 0 Å². The second-order valence-electron chi connectivity index (χ2n) is 2.75. The molecule has 0 heterocycles. The fourth-order valence-corrected chi connectivity index (χ4v) is 1.04. The molecule has 5 nitrogen and oxygen atoms in total. The molecule has 0 unspecified atom stereocenters. The number of hydrogen-bond donors (Lipinski definition) is 1. The van der Waals surface area contributed by atoms with Crippen LogP contribution >= 0.6 is 12.6 Å². The number of benzene rings is 1. The topological polar surface area (TPSA) is 61.8 Å². The van der Waals surface area contributed by atoms with Gasteiger partial charge in [0.1, 0.15) is 12.4 Å². The number of rotatable bonds is 3. The molecule has 1 aromatic rings. The Labute approximate surface area is 97.7 Å². The smallest absolute Gasteiger partial charge is 0.497 e. The first kappa shape index (κ1) is 12.4. The average Bonchev–Trinajstić information content (AvgIpc) is 2.26. The molecule has 0 bridgehead atoms. The van der Waals surface area contributed by atoms with E-state index in [2.05, 4.69) is 22.1 Å². The van der Waals surface area contributed by atoms with Gasteiger partial charge in [-0.2, -0.15) is 0 Å². The summed E-state index contributed by atoms with van der Waals surface area (Å²) in [5, 5.41) is -1.00. The van der Waals surface area contributed by atoms with Crippen LogP contribution in [-0.4, -0.2) is 18.6 Å². The molecule has 1 aromatic carbocycles. The average molecular weight is 242 g/mol. The molecule has 1 rings (SSSR count). The van der Waals surface area contributed by atoms with Gasteiger partial charge in [-0.05, 0) is 17.7 Å². The molecule has 0 aliphatic carbocycles. The molecule has 6 heteroatoms. The lowest BCUT2D eigenvalue weighted by Crippen LogP contribution is -2.08. The third-order valence-corrected chi connectivity index (χ3v) is 1.78. The maximum Gasteiger partial charge on any atom is 0.517 e. The van der Waals surface area contributed by atoms with Crippen LogP contribution in [0.5, 0.6) is 5.75 Å². The van der Waals surface area contributed by atoms with Crippen molar-refractivity contribution >= 4 is 24.1 Å². The molecular formula is C10H10O5S. The zero-order valence-electron chi connectivity index (χ0n) is 8.50. The number of methoxy groups -OCH3 is 1. The summed E-state index contributed by atoms with van der Waals surface area (Å²) < 4.78 is 13.7. The summed E-state index contributed by atoms with van der Waals surface area (Å²) >= 11 is 3.27. The second-order valence-corrected chi connectivity index (χ2v) is 3.12. The Kier molecular flexibility index (Phi) is 4.65. The number of hydrogen-bond acceptors (Lipinski definition) is 5. The minimum absolute atomic E-state index is 0.0177. The van der Waals surface area contributed by atoms with E-state index in [0.29, 0.717) is 5.75 Å². The van der Waals surface area contributed by atoms with Crippen LogP contribution in [-0.2, 0) is 16.1 Å². The van der Waals surface area contributed by atoms with Gasteiger partial charge < -0.3 is 14.2 Å². The van der Waals surface area contributed by atoms with Gasteiger partial charge >= 0.3 is 11.5 Å². The molecule has 0 N–H and O–H groups in total. The summed E-state index contributed by atoms with van der Waals surface area (Å²) in [6.07, 6.45) is -1.07. The predicted molar refractivity (Wildman–Crippen MR) is 58.6 cm³/mol. The quantitative estimate of drug-likeness (QED) is 0.501. The van der Waals surface area contributed by atoms with Gasteiger partial charge in [0.15, 0.2) is 0 Å². The Bertz CT molecular complexity index is 373. The summed E-state index contributed by atoms with van der Waals surface area (Å²) in [5.74, 6) is 0.705. The monoisotopic (exact) mass is 242 g/mol. The van der Waals surface area contributed by atoms with Crippen LogP contribution in [0.15, 0.2) is 24.3 Å². The number of thiol groups is 1. The van der Waals surface area contributed by atoms with E-state index in [1.54, 1.807) is 31.4 Å². The van der Waals surface area contributed by atoms with E-state index in [1.165, 1.54) is 0 Å². The van der Waals surface area contributed by atoms with Gasteiger partial charge in [0.25, 0.3) is 0 Å². The van der Waals surface area contributed by atoms with E-state index in [-0.39, 0.29) is 6.61 Å². The number of carbonyl (C=O) groups is 2. The maximum absolute atomic E-state index is 10.8. The molecule has 0 fully saturated rings. The van der Waals surface area contributed by atoms with E-state index in [4.69, 9.17) is 4.74 Å². The highest BCUT2D eigenvalue weighted by atomic mass is 32.1. The van der Waals surface area contributed by atoms with E-state index >= 15 is 0 Å². The van der Waals surface area contributed by atoms with Crippen molar-refractivity contribution in [2.45, 2.75) is 6.61 Å². The van der Waals surface area contributed by atoms with Crippen molar-refractivity contribution in [1.82, 2.24) is 0 Å². The first-order valence-electron chi connectivity index (χ1n) is 4.32. The lowest BCUT2D eigenvalue weighted by Gasteiger charge is -2.04. The van der Waals surface area contributed by atoms with Gasteiger partial charge in [-0.25, -0.2) is 9.59 Å². The Morgan fingerprint density at radius 3 is 2.38 bits per heavy atom. The van der Waals surface area contributed by atoms with Gasteiger partial charge in [0.2, 0.25) is 0 Å². The van der Waals surface area contributed by atoms with Crippen molar-refractivity contribution in [3.8, 4) is 5.75 Å². The van der Waals surface area contributed by atoms with E-state index in [0.717, 1.165) is 5.56 Å². The molecule has 0 saturated carbocycles. The maximum atomic E-state index is 10.8. The number of carbonyl (C=O) groups excluding carboxylic acids is 2. The zero-order valence-corrected chi connectivity index (χ0v) is 9.40. The van der Waals surface area contributed by atoms with Crippen molar-refractivity contribution in [2.75, 3.05) is 7.11 Å². The largest absolute Gasteiger partial charge is 0.517 e. The Hall–Kier alpha value is -1.69. The fourth-order valence-electron chi connectivity index (χ4n) is 0.965. The van der Waals surface area contributed by atoms with Gasteiger partial charge in [0.05, 0.1) is 7.11 Å². The third-order valence-electron chi connectivity index (χ3n) is 1.69. The van der Waals surface area contributed by atoms with Crippen LogP contribution in [0, 0.1) is 0 Å². The van der Waals surface area contributed by atoms with Crippen LogP contribution in [0.2, 0.25) is 0 Å². The molecule has 0 aromatic heterocycles. The lowest BCUT2D eigenvalue weighted by molar-refractivity contribution is 0.0779. The minimum atomic E-state index is -1.07. The predicted octanol–water partition coefficient (Wildman–Crippen LogP) is 2.40. The van der Waals surface area contributed by atoms with Crippen LogP contribution in [0.4, 0.5) is 9.59 Å². The molecule has 0 saturated heterocycles. The van der Waals surface area contributed by atoms with Gasteiger partial charge in [0, 0.05) is 0 Å². The highest BCUT2D eigenvalue weighted by molar-refractivity contribution is 7.96. The summed E-state index contributed by atoms with van der Waals surface area (Å²) in [5.41, 5.74) is 0.754. The van der Waals surface area contributed by atoms with E-state index < -0.39 is 11.5 Å². The lowest BCUT2D eigenvalue weighted by atomic mass is 10.2.